The van der Waals surface area contributed by atoms with Crippen molar-refractivity contribution in [3.8, 4) is 0 Å². The van der Waals surface area contributed by atoms with Gasteiger partial charge in [0, 0.05) is 28.8 Å². The monoisotopic (exact) mass is 291 g/mol. The van der Waals surface area contributed by atoms with Gasteiger partial charge in [-0.2, -0.15) is 0 Å². The summed E-state index contributed by atoms with van der Waals surface area (Å²) in [6, 6.07) is 9.31. The molecule has 1 atom stereocenters. The minimum atomic E-state index is 0.482. The summed E-state index contributed by atoms with van der Waals surface area (Å²) in [5, 5.41) is 8.18. The minimum absolute atomic E-state index is 0.482. The first-order chi connectivity index (χ1) is 9.25. The highest BCUT2D eigenvalue weighted by atomic mass is 32.1. The highest BCUT2D eigenvalue weighted by Gasteiger charge is 2.32. The molecule has 3 rings (SSSR count). The molecule has 0 radical (unpaired) electrons. The first-order valence-electron chi connectivity index (χ1n) is 7.04. The first kappa shape index (κ1) is 13.3. The van der Waals surface area contributed by atoms with Gasteiger partial charge in [0.05, 0.1) is 0 Å². The van der Waals surface area contributed by atoms with Gasteiger partial charge in [-0.15, -0.1) is 22.7 Å². The molecule has 0 bridgehead atoms. The van der Waals surface area contributed by atoms with Crippen molar-refractivity contribution >= 4 is 22.7 Å². The maximum absolute atomic E-state index is 3.82. The summed E-state index contributed by atoms with van der Waals surface area (Å²) in [5.74, 6) is 0. The van der Waals surface area contributed by atoms with Crippen LogP contribution in [0.2, 0.25) is 0 Å². The van der Waals surface area contributed by atoms with E-state index in [0.29, 0.717) is 11.5 Å². The van der Waals surface area contributed by atoms with Gasteiger partial charge in [0.25, 0.3) is 0 Å². The van der Waals surface area contributed by atoms with E-state index in [4.69, 9.17) is 0 Å². The van der Waals surface area contributed by atoms with Crippen LogP contribution in [-0.2, 0) is 6.42 Å². The van der Waals surface area contributed by atoms with Gasteiger partial charge in [0.15, 0.2) is 0 Å². The lowest BCUT2D eigenvalue weighted by Gasteiger charge is -2.39. The molecule has 19 heavy (non-hydrogen) atoms. The molecule has 0 aliphatic heterocycles. The van der Waals surface area contributed by atoms with E-state index in [1.54, 1.807) is 0 Å². The largest absolute Gasteiger partial charge is 0.308 e. The Hall–Kier alpha value is -0.640. The summed E-state index contributed by atoms with van der Waals surface area (Å²) in [6.45, 7) is 3.57. The van der Waals surface area contributed by atoms with E-state index in [1.165, 1.54) is 29.0 Å². The third-order valence-electron chi connectivity index (χ3n) is 4.21. The third kappa shape index (κ3) is 3.28. The van der Waals surface area contributed by atoms with Crippen molar-refractivity contribution in [2.75, 3.05) is 6.54 Å². The van der Waals surface area contributed by atoms with Crippen LogP contribution < -0.4 is 5.32 Å². The van der Waals surface area contributed by atoms with Gasteiger partial charge in [-0.25, -0.2) is 0 Å². The number of rotatable bonds is 6. The molecule has 102 valence electrons. The first-order valence-corrected chi connectivity index (χ1v) is 8.80. The number of nitrogens with one attached hydrogen (secondary N) is 1. The molecule has 2 aromatic rings. The van der Waals surface area contributed by atoms with Crippen LogP contribution in [0.4, 0.5) is 0 Å². The normalized spacial score (nSPS) is 19.0. The lowest BCUT2D eigenvalue weighted by atomic mass is 9.70. The van der Waals surface area contributed by atoms with E-state index in [2.05, 4.69) is 47.3 Å². The molecule has 1 nitrogen and oxygen atoms in total. The molecule has 1 fully saturated rings. The molecule has 1 N–H and O–H groups in total. The topological polar surface area (TPSA) is 12.0 Å². The van der Waals surface area contributed by atoms with Crippen LogP contribution in [0.25, 0.3) is 0 Å². The molecule has 1 saturated carbocycles. The molecular weight excluding hydrogens is 270 g/mol. The van der Waals surface area contributed by atoms with Gasteiger partial charge in [0.1, 0.15) is 0 Å². The average molecular weight is 291 g/mol. The zero-order valence-corrected chi connectivity index (χ0v) is 13.0. The predicted molar refractivity (Wildman–Crippen MR) is 85.0 cm³/mol. The molecule has 3 heteroatoms. The second-order valence-electron chi connectivity index (χ2n) is 5.90. The van der Waals surface area contributed by atoms with Gasteiger partial charge in [0.2, 0.25) is 0 Å². The maximum Gasteiger partial charge on any atom is 0.0463 e. The van der Waals surface area contributed by atoms with E-state index in [-0.39, 0.29) is 0 Å². The van der Waals surface area contributed by atoms with Gasteiger partial charge < -0.3 is 5.32 Å². The molecule has 2 aromatic heterocycles. The van der Waals surface area contributed by atoms with Crippen LogP contribution in [-0.4, -0.2) is 6.54 Å². The summed E-state index contributed by atoms with van der Waals surface area (Å²) in [7, 11) is 0. The molecule has 0 amide bonds. The molecule has 1 unspecified atom stereocenters. The average Bonchev–Trinajstić information content (AvgIpc) is 3.04. The van der Waals surface area contributed by atoms with Crippen molar-refractivity contribution in [1.29, 1.82) is 0 Å². The fraction of sp³-hybridized carbons (Fsp3) is 0.500. The molecular formula is C16H21NS2. The smallest absolute Gasteiger partial charge is 0.0463 e. The Kier molecular flexibility index (Phi) is 4.06. The van der Waals surface area contributed by atoms with Gasteiger partial charge in [-0.3, -0.25) is 0 Å². The van der Waals surface area contributed by atoms with Crippen molar-refractivity contribution in [2.24, 2.45) is 5.41 Å². The Morgan fingerprint density at radius 2 is 2.00 bits per heavy atom. The summed E-state index contributed by atoms with van der Waals surface area (Å²) in [6.07, 6.45) is 5.30. The zero-order valence-electron chi connectivity index (χ0n) is 11.4. The van der Waals surface area contributed by atoms with Crippen LogP contribution >= 0.6 is 22.7 Å². The van der Waals surface area contributed by atoms with Gasteiger partial charge in [-0.1, -0.05) is 25.5 Å². The standard InChI is InChI=1S/C16H21NS2/c1-16(7-4-8-16)12-17-14(15-6-3-10-19-15)11-13-5-2-9-18-13/h2-3,5-6,9-10,14,17H,4,7-8,11-12H2,1H3. The third-order valence-corrected chi connectivity index (χ3v) is 6.09. The van der Waals surface area contributed by atoms with Crippen LogP contribution in [0, 0.1) is 5.41 Å². The summed E-state index contributed by atoms with van der Waals surface area (Å²) >= 11 is 3.74. The van der Waals surface area contributed by atoms with E-state index in [0.717, 1.165) is 13.0 Å². The van der Waals surface area contributed by atoms with E-state index >= 15 is 0 Å². The number of thiophene rings is 2. The quantitative estimate of drug-likeness (QED) is 0.800. The van der Waals surface area contributed by atoms with Gasteiger partial charge >= 0.3 is 0 Å². The molecule has 0 saturated heterocycles. The van der Waals surface area contributed by atoms with Crippen molar-refractivity contribution < 1.29 is 0 Å². The lowest BCUT2D eigenvalue weighted by molar-refractivity contribution is 0.151. The Morgan fingerprint density at radius 3 is 2.58 bits per heavy atom. The fourth-order valence-corrected chi connectivity index (χ4v) is 4.27. The Balaban J connectivity index is 1.66. The molecule has 0 aromatic carbocycles. The van der Waals surface area contributed by atoms with Crippen molar-refractivity contribution in [3.63, 3.8) is 0 Å². The van der Waals surface area contributed by atoms with Gasteiger partial charge in [-0.05, 0) is 41.1 Å². The number of hydrogen-bond acceptors (Lipinski definition) is 3. The minimum Gasteiger partial charge on any atom is -0.308 e. The number of hydrogen-bond donors (Lipinski definition) is 1. The highest BCUT2D eigenvalue weighted by molar-refractivity contribution is 7.10. The Morgan fingerprint density at radius 1 is 1.21 bits per heavy atom. The lowest BCUT2D eigenvalue weighted by Crippen LogP contribution is -2.39. The fourth-order valence-electron chi connectivity index (χ4n) is 2.72. The summed E-state index contributed by atoms with van der Waals surface area (Å²) in [5.41, 5.74) is 0.547. The van der Waals surface area contributed by atoms with Crippen molar-refractivity contribution in [1.82, 2.24) is 5.32 Å². The summed E-state index contributed by atoms with van der Waals surface area (Å²) < 4.78 is 0. The van der Waals surface area contributed by atoms with E-state index in [9.17, 15) is 0 Å². The Labute approximate surface area is 123 Å². The molecule has 1 aliphatic rings. The second-order valence-corrected chi connectivity index (χ2v) is 7.91. The second kappa shape index (κ2) is 5.78. The molecule has 2 heterocycles. The van der Waals surface area contributed by atoms with Crippen molar-refractivity contribution in [3.05, 3.63) is 44.8 Å². The SMILES string of the molecule is CC1(CNC(Cc2cccs2)c2cccs2)CCC1. The zero-order chi connectivity index (χ0) is 13.1. The predicted octanol–water partition coefficient (Wildman–Crippen LogP) is 4.87. The van der Waals surface area contributed by atoms with Crippen LogP contribution in [0.3, 0.4) is 0 Å². The highest BCUT2D eigenvalue weighted by Crippen LogP contribution is 2.40. The van der Waals surface area contributed by atoms with Crippen LogP contribution in [0.5, 0.6) is 0 Å². The maximum atomic E-state index is 3.82. The van der Waals surface area contributed by atoms with Crippen molar-refractivity contribution in [2.45, 2.75) is 38.6 Å². The van der Waals surface area contributed by atoms with E-state index < -0.39 is 0 Å². The van der Waals surface area contributed by atoms with Crippen LogP contribution in [0.15, 0.2) is 35.0 Å². The van der Waals surface area contributed by atoms with E-state index in [1.807, 2.05) is 22.7 Å². The molecule has 1 aliphatic carbocycles. The molecule has 0 spiro atoms. The summed E-state index contributed by atoms with van der Waals surface area (Å²) in [4.78, 5) is 2.95. The Bertz CT molecular complexity index is 483. The van der Waals surface area contributed by atoms with Crippen LogP contribution in [0.1, 0.15) is 42.0 Å².